The molecule has 0 spiro atoms. The van der Waals surface area contributed by atoms with Gasteiger partial charge in [0.05, 0.1) is 12.6 Å². The summed E-state index contributed by atoms with van der Waals surface area (Å²) in [5.74, 6) is 0.986. The van der Waals surface area contributed by atoms with Gasteiger partial charge in [0.1, 0.15) is 11.3 Å². The Hall–Kier alpha value is -3.49. The van der Waals surface area contributed by atoms with E-state index in [0.717, 1.165) is 30.2 Å². The van der Waals surface area contributed by atoms with E-state index in [2.05, 4.69) is 36.0 Å². The van der Waals surface area contributed by atoms with Crippen LogP contribution in [0, 0.1) is 5.41 Å². The normalized spacial score (nSPS) is 12.5. The molecule has 2 heterocycles. The molecule has 0 fully saturated rings. The van der Waals surface area contributed by atoms with E-state index in [1.807, 2.05) is 30.3 Å². The van der Waals surface area contributed by atoms with Crippen LogP contribution in [0.2, 0.25) is 0 Å². The lowest BCUT2D eigenvalue weighted by Crippen LogP contribution is -2.17. The van der Waals surface area contributed by atoms with Crippen LogP contribution >= 0.6 is 0 Å². The van der Waals surface area contributed by atoms with Crippen molar-refractivity contribution in [3.63, 3.8) is 0 Å². The molecule has 2 N–H and O–H groups in total. The van der Waals surface area contributed by atoms with Crippen molar-refractivity contribution in [2.75, 3.05) is 7.11 Å². The van der Waals surface area contributed by atoms with Crippen molar-refractivity contribution in [2.24, 2.45) is 11.1 Å². The molecule has 35 heavy (non-hydrogen) atoms. The number of ketones is 1. The summed E-state index contributed by atoms with van der Waals surface area (Å²) in [6.45, 7) is 6.40. The monoisotopic (exact) mass is 482 g/mol. The number of hydrogen-bond donors (Lipinski definition) is 1. The molecule has 1 atom stereocenters. The summed E-state index contributed by atoms with van der Waals surface area (Å²) in [4.78, 5) is 28.1. The van der Waals surface area contributed by atoms with E-state index < -0.39 is 12.2 Å². The highest BCUT2D eigenvalue weighted by Crippen LogP contribution is 2.33. The summed E-state index contributed by atoms with van der Waals surface area (Å²) in [6.07, 6.45) is 3.10. The van der Waals surface area contributed by atoms with Crippen LogP contribution in [0.25, 0.3) is 22.4 Å². The minimum atomic E-state index is -0.919. The van der Waals surface area contributed by atoms with Crippen molar-refractivity contribution in [3.8, 4) is 17.3 Å². The Balaban J connectivity index is 1.63. The molecule has 188 valence electrons. The Morgan fingerprint density at radius 1 is 1.09 bits per heavy atom. The largest absolute Gasteiger partial charge is 0.480 e. The number of pyridine rings is 1. The molecule has 0 saturated heterocycles. The smallest absolute Gasteiger partial charge is 0.405 e. The summed E-state index contributed by atoms with van der Waals surface area (Å²) in [7, 11) is 1.52. The Morgan fingerprint density at radius 3 is 2.57 bits per heavy atom. The molecule has 1 aromatic carbocycles. The number of unbranched alkanes of at least 4 members (excludes halogenated alkanes) is 2. The van der Waals surface area contributed by atoms with Gasteiger partial charge >= 0.3 is 6.09 Å². The summed E-state index contributed by atoms with van der Waals surface area (Å²) < 4.78 is 16.5. The van der Waals surface area contributed by atoms with Gasteiger partial charge in [-0.1, -0.05) is 45.4 Å². The highest BCUT2D eigenvalue weighted by atomic mass is 16.6. The van der Waals surface area contributed by atoms with E-state index >= 15 is 0 Å². The number of nitrogens with two attached hydrogens (primary N) is 1. The fraction of sp³-hybridized carbons (Fsp3) is 0.500. The molecule has 9 heteroatoms. The van der Waals surface area contributed by atoms with E-state index in [4.69, 9.17) is 19.6 Å². The van der Waals surface area contributed by atoms with Gasteiger partial charge in [0.15, 0.2) is 6.10 Å². The standard InChI is InChI=1S/C26H34N4O5/c1-26(2,3)15-14-18(31)11-6-5-7-13-21(34-25(27)32)24-30-29-23(35-24)19-16-17-10-8-9-12-20(17)28-22(19)33-4/h8-10,12,16,21H,5-7,11,13-15H2,1-4H3,(H2,27,32)/t21-/m0/s1. The first kappa shape index (κ1) is 26.1. The van der Waals surface area contributed by atoms with Gasteiger partial charge in [0.2, 0.25) is 5.88 Å². The molecule has 1 amide bonds. The number of rotatable bonds is 12. The molecule has 0 aliphatic carbocycles. The highest BCUT2D eigenvalue weighted by Gasteiger charge is 2.24. The van der Waals surface area contributed by atoms with Gasteiger partial charge in [-0.05, 0) is 43.2 Å². The average molecular weight is 483 g/mol. The van der Waals surface area contributed by atoms with Gasteiger partial charge in [-0.25, -0.2) is 9.78 Å². The van der Waals surface area contributed by atoms with Crippen molar-refractivity contribution < 1.29 is 23.5 Å². The third kappa shape index (κ3) is 7.77. The third-order valence-corrected chi connectivity index (χ3v) is 5.66. The lowest BCUT2D eigenvalue weighted by atomic mass is 9.89. The Labute approximate surface area is 205 Å². The maximum Gasteiger partial charge on any atom is 0.405 e. The molecule has 0 saturated carbocycles. The topological polar surface area (TPSA) is 130 Å². The number of methoxy groups -OCH3 is 1. The number of carbonyl (C=O) groups excluding carboxylic acids is 2. The number of aromatic nitrogens is 3. The van der Waals surface area contributed by atoms with E-state index in [-0.39, 0.29) is 23.0 Å². The van der Waals surface area contributed by atoms with Gasteiger partial charge in [0, 0.05) is 18.2 Å². The average Bonchev–Trinajstić information content (AvgIpc) is 3.30. The minimum Gasteiger partial charge on any atom is -0.480 e. The third-order valence-electron chi connectivity index (χ3n) is 5.66. The van der Waals surface area contributed by atoms with Crippen LogP contribution in [0.15, 0.2) is 34.7 Å². The number of ether oxygens (including phenoxy) is 2. The van der Waals surface area contributed by atoms with Crippen LogP contribution in [0.3, 0.4) is 0 Å². The van der Waals surface area contributed by atoms with Gasteiger partial charge in [-0.3, -0.25) is 4.79 Å². The van der Waals surface area contributed by atoms with Gasteiger partial charge < -0.3 is 19.6 Å². The molecule has 0 radical (unpaired) electrons. The molecule has 0 aliphatic rings. The SMILES string of the molecule is COc1nc2ccccc2cc1-c1nnc([C@H](CCCCCC(=O)CCC(C)(C)C)OC(N)=O)o1. The van der Waals surface area contributed by atoms with Crippen LogP contribution in [-0.2, 0) is 9.53 Å². The molecule has 0 unspecified atom stereocenters. The quantitative estimate of drug-likeness (QED) is 0.322. The molecule has 0 bridgehead atoms. The predicted molar refractivity (Wildman–Crippen MR) is 132 cm³/mol. The lowest BCUT2D eigenvalue weighted by molar-refractivity contribution is -0.119. The zero-order valence-electron chi connectivity index (χ0n) is 20.9. The second-order valence-electron chi connectivity index (χ2n) is 9.81. The van der Waals surface area contributed by atoms with E-state index in [1.54, 1.807) is 0 Å². The maximum atomic E-state index is 12.1. The maximum absolute atomic E-state index is 12.1. The Kier molecular flexibility index (Phi) is 8.78. The molecule has 3 aromatic rings. The van der Waals surface area contributed by atoms with E-state index in [9.17, 15) is 9.59 Å². The zero-order valence-corrected chi connectivity index (χ0v) is 20.9. The number of fused-ring (bicyclic) bond motifs is 1. The number of primary amides is 1. The Bertz CT molecular complexity index is 1150. The van der Waals surface area contributed by atoms with Crippen LogP contribution in [0.5, 0.6) is 5.88 Å². The summed E-state index contributed by atoms with van der Waals surface area (Å²) in [6, 6.07) is 9.48. The second kappa shape index (κ2) is 11.8. The fourth-order valence-electron chi connectivity index (χ4n) is 3.72. The summed E-state index contributed by atoms with van der Waals surface area (Å²) in [5, 5.41) is 9.11. The molecule has 0 aliphatic heterocycles. The fourth-order valence-corrected chi connectivity index (χ4v) is 3.72. The van der Waals surface area contributed by atoms with Crippen LogP contribution in [0.1, 0.15) is 77.7 Å². The number of carbonyl (C=O) groups is 2. The number of amides is 1. The molecular weight excluding hydrogens is 448 g/mol. The number of para-hydroxylation sites is 1. The van der Waals surface area contributed by atoms with Crippen molar-refractivity contribution in [1.82, 2.24) is 15.2 Å². The van der Waals surface area contributed by atoms with Crippen LogP contribution in [-0.4, -0.2) is 34.2 Å². The van der Waals surface area contributed by atoms with Crippen LogP contribution < -0.4 is 10.5 Å². The Morgan fingerprint density at radius 2 is 1.86 bits per heavy atom. The first-order chi connectivity index (χ1) is 16.7. The lowest BCUT2D eigenvalue weighted by Gasteiger charge is -2.17. The van der Waals surface area contributed by atoms with Gasteiger partial charge in [-0.2, -0.15) is 0 Å². The van der Waals surface area contributed by atoms with E-state index in [0.29, 0.717) is 37.1 Å². The number of benzene rings is 1. The molecule has 2 aromatic heterocycles. The van der Waals surface area contributed by atoms with Crippen molar-refractivity contribution in [3.05, 3.63) is 36.2 Å². The number of Topliss-reactive ketones (excluding diaryl/α,β-unsaturated/α-hetero) is 1. The molecule has 9 nitrogen and oxygen atoms in total. The van der Waals surface area contributed by atoms with Crippen molar-refractivity contribution >= 4 is 22.8 Å². The summed E-state index contributed by atoms with van der Waals surface area (Å²) >= 11 is 0. The summed E-state index contributed by atoms with van der Waals surface area (Å²) in [5.41, 5.74) is 6.74. The van der Waals surface area contributed by atoms with Gasteiger partial charge in [0.25, 0.3) is 11.8 Å². The van der Waals surface area contributed by atoms with Crippen LogP contribution in [0.4, 0.5) is 4.79 Å². The zero-order chi connectivity index (χ0) is 25.4. The molecule has 3 rings (SSSR count). The predicted octanol–water partition coefficient (Wildman–Crippen LogP) is 5.78. The molecular formula is C26H34N4O5. The number of nitrogens with zero attached hydrogens (tertiary/aromatic N) is 3. The van der Waals surface area contributed by atoms with Crippen molar-refractivity contribution in [1.29, 1.82) is 0 Å². The highest BCUT2D eigenvalue weighted by molar-refractivity contribution is 5.84. The first-order valence-corrected chi connectivity index (χ1v) is 11.9. The van der Waals surface area contributed by atoms with Crippen molar-refractivity contribution in [2.45, 2.75) is 71.8 Å². The minimum absolute atomic E-state index is 0.148. The number of hydrogen-bond acceptors (Lipinski definition) is 8. The first-order valence-electron chi connectivity index (χ1n) is 11.9. The van der Waals surface area contributed by atoms with Gasteiger partial charge in [-0.15, -0.1) is 10.2 Å². The second-order valence-corrected chi connectivity index (χ2v) is 9.81. The van der Waals surface area contributed by atoms with E-state index in [1.165, 1.54) is 7.11 Å².